The van der Waals surface area contributed by atoms with Gasteiger partial charge in [0, 0.05) is 68.2 Å². The fraction of sp³-hybridized carbons (Fsp3) is 0.556. The standard InChI is InChI=1S/C18H22N6O/c1-12-6-19-11-21-16(12)22-7-13-9-23(10-14(13)8-22)17-18(25)24(5-4-20-17)15-2-3-15/h4-6,11,13-15H,2-3,7-10H2,1H3. The highest BCUT2D eigenvalue weighted by atomic mass is 16.1. The quantitative estimate of drug-likeness (QED) is 0.839. The van der Waals surface area contributed by atoms with E-state index in [0.29, 0.717) is 23.7 Å². The molecule has 0 amide bonds. The van der Waals surface area contributed by atoms with Crippen LogP contribution >= 0.6 is 0 Å². The summed E-state index contributed by atoms with van der Waals surface area (Å²) in [5.74, 6) is 2.80. The number of anilines is 2. The van der Waals surface area contributed by atoms with Gasteiger partial charge < -0.3 is 14.4 Å². The SMILES string of the molecule is Cc1cncnc1N1CC2CN(c3nccn(C4CC4)c3=O)CC2C1. The van der Waals surface area contributed by atoms with Gasteiger partial charge >= 0.3 is 0 Å². The molecule has 2 aliphatic heterocycles. The molecule has 130 valence electrons. The molecule has 4 heterocycles. The molecule has 7 heteroatoms. The number of aryl methyl sites for hydroxylation is 1. The van der Waals surface area contributed by atoms with Crippen LogP contribution in [0.25, 0.3) is 0 Å². The molecule has 0 N–H and O–H groups in total. The Hall–Kier alpha value is -2.44. The highest BCUT2D eigenvalue weighted by molar-refractivity contribution is 5.47. The van der Waals surface area contributed by atoms with Crippen molar-refractivity contribution in [2.75, 3.05) is 36.0 Å². The van der Waals surface area contributed by atoms with E-state index in [0.717, 1.165) is 50.4 Å². The fourth-order valence-electron chi connectivity index (χ4n) is 4.33. The van der Waals surface area contributed by atoms with Gasteiger partial charge in [0.25, 0.3) is 5.56 Å². The maximum absolute atomic E-state index is 12.7. The number of aromatic nitrogens is 4. The maximum atomic E-state index is 12.7. The van der Waals surface area contributed by atoms with E-state index < -0.39 is 0 Å². The van der Waals surface area contributed by atoms with Crippen molar-refractivity contribution in [2.45, 2.75) is 25.8 Å². The van der Waals surface area contributed by atoms with Crippen molar-refractivity contribution in [2.24, 2.45) is 11.8 Å². The Kier molecular flexibility index (Phi) is 3.29. The second kappa shape index (κ2) is 5.54. The van der Waals surface area contributed by atoms with Gasteiger partial charge in [0.05, 0.1) is 0 Å². The molecule has 1 saturated carbocycles. The summed E-state index contributed by atoms with van der Waals surface area (Å²) in [7, 11) is 0. The third kappa shape index (κ3) is 2.49. The Morgan fingerprint density at radius 3 is 2.32 bits per heavy atom. The van der Waals surface area contributed by atoms with Gasteiger partial charge in [0.2, 0.25) is 0 Å². The number of fused-ring (bicyclic) bond motifs is 1. The molecule has 0 aromatic carbocycles. The van der Waals surface area contributed by atoms with Crippen molar-refractivity contribution in [1.29, 1.82) is 0 Å². The molecule has 2 aromatic rings. The molecule has 7 nitrogen and oxygen atoms in total. The van der Waals surface area contributed by atoms with E-state index in [2.05, 4.69) is 31.7 Å². The first-order valence-electron chi connectivity index (χ1n) is 9.04. The van der Waals surface area contributed by atoms with Gasteiger partial charge in [-0.15, -0.1) is 0 Å². The molecule has 5 rings (SSSR count). The molecular formula is C18H22N6O. The minimum absolute atomic E-state index is 0.0773. The zero-order valence-corrected chi connectivity index (χ0v) is 14.4. The lowest BCUT2D eigenvalue weighted by Gasteiger charge is -2.23. The molecule has 0 spiro atoms. The zero-order valence-electron chi connectivity index (χ0n) is 14.4. The van der Waals surface area contributed by atoms with Gasteiger partial charge in [-0.1, -0.05) is 0 Å². The van der Waals surface area contributed by atoms with Crippen LogP contribution in [0.3, 0.4) is 0 Å². The van der Waals surface area contributed by atoms with Crippen molar-refractivity contribution in [3.05, 3.63) is 40.8 Å². The van der Waals surface area contributed by atoms with E-state index in [1.807, 2.05) is 17.0 Å². The smallest absolute Gasteiger partial charge is 0.293 e. The van der Waals surface area contributed by atoms with E-state index in [1.54, 1.807) is 12.5 Å². The van der Waals surface area contributed by atoms with Crippen LogP contribution in [0.2, 0.25) is 0 Å². The van der Waals surface area contributed by atoms with E-state index in [4.69, 9.17) is 0 Å². The molecule has 3 aliphatic rings. The summed E-state index contributed by atoms with van der Waals surface area (Å²) in [6, 6.07) is 0.396. The Morgan fingerprint density at radius 2 is 1.68 bits per heavy atom. The molecule has 2 atom stereocenters. The Balaban J connectivity index is 1.34. The minimum atomic E-state index is 0.0773. The van der Waals surface area contributed by atoms with Crippen LogP contribution in [0.4, 0.5) is 11.6 Å². The summed E-state index contributed by atoms with van der Waals surface area (Å²) in [4.78, 5) is 30.2. The first-order valence-corrected chi connectivity index (χ1v) is 9.04. The normalized spacial score (nSPS) is 25.5. The summed E-state index contributed by atoms with van der Waals surface area (Å²) in [6.45, 7) is 5.85. The summed E-state index contributed by atoms with van der Waals surface area (Å²) < 4.78 is 1.87. The van der Waals surface area contributed by atoms with E-state index >= 15 is 0 Å². The average Bonchev–Trinajstić information content (AvgIpc) is 3.25. The van der Waals surface area contributed by atoms with Crippen LogP contribution in [-0.4, -0.2) is 45.7 Å². The maximum Gasteiger partial charge on any atom is 0.293 e. The van der Waals surface area contributed by atoms with E-state index in [1.165, 1.54) is 0 Å². The molecule has 2 aromatic heterocycles. The predicted molar refractivity (Wildman–Crippen MR) is 94.9 cm³/mol. The lowest BCUT2D eigenvalue weighted by atomic mass is 10.0. The van der Waals surface area contributed by atoms with Crippen LogP contribution in [0, 0.1) is 18.8 Å². The number of nitrogens with zero attached hydrogens (tertiary/aromatic N) is 6. The van der Waals surface area contributed by atoms with Gasteiger partial charge in [0.15, 0.2) is 5.82 Å². The third-order valence-corrected chi connectivity index (χ3v) is 5.74. The van der Waals surface area contributed by atoms with Crippen molar-refractivity contribution >= 4 is 11.6 Å². The van der Waals surface area contributed by atoms with E-state index in [-0.39, 0.29) is 5.56 Å². The second-order valence-corrected chi connectivity index (χ2v) is 7.55. The largest absolute Gasteiger partial charge is 0.356 e. The summed E-state index contributed by atoms with van der Waals surface area (Å²) in [6.07, 6.45) is 9.33. The lowest BCUT2D eigenvalue weighted by Crippen LogP contribution is -2.34. The molecule has 2 unspecified atom stereocenters. The lowest BCUT2D eigenvalue weighted by molar-refractivity contribution is 0.533. The first-order chi connectivity index (χ1) is 12.2. The van der Waals surface area contributed by atoms with Crippen molar-refractivity contribution in [3.8, 4) is 0 Å². The third-order valence-electron chi connectivity index (χ3n) is 5.74. The Morgan fingerprint density at radius 1 is 1.00 bits per heavy atom. The van der Waals surface area contributed by atoms with Gasteiger partial charge in [-0.05, 0) is 19.8 Å². The minimum Gasteiger partial charge on any atom is -0.356 e. The van der Waals surface area contributed by atoms with Crippen molar-refractivity contribution in [3.63, 3.8) is 0 Å². The van der Waals surface area contributed by atoms with Crippen LogP contribution in [0.15, 0.2) is 29.7 Å². The van der Waals surface area contributed by atoms with Crippen LogP contribution in [0.1, 0.15) is 24.4 Å². The average molecular weight is 338 g/mol. The predicted octanol–water partition coefficient (Wildman–Crippen LogP) is 1.25. The van der Waals surface area contributed by atoms with Crippen molar-refractivity contribution < 1.29 is 0 Å². The highest BCUT2D eigenvalue weighted by Gasteiger charge is 2.42. The van der Waals surface area contributed by atoms with Crippen molar-refractivity contribution in [1.82, 2.24) is 19.5 Å². The molecule has 3 fully saturated rings. The molecule has 2 saturated heterocycles. The summed E-state index contributed by atoms with van der Waals surface area (Å²) in [5, 5.41) is 0. The Labute approximate surface area is 146 Å². The highest BCUT2D eigenvalue weighted by Crippen LogP contribution is 2.36. The van der Waals surface area contributed by atoms with Crippen LogP contribution in [-0.2, 0) is 0 Å². The molecular weight excluding hydrogens is 316 g/mol. The molecule has 0 radical (unpaired) electrons. The number of hydrogen-bond donors (Lipinski definition) is 0. The zero-order chi connectivity index (χ0) is 17.0. The van der Waals surface area contributed by atoms with Crippen LogP contribution < -0.4 is 15.4 Å². The summed E-state index contributed by atoms with van der Waals surface area (Å²) >= 11 is 0. The van der Waals surface area contributed by atoms with Gasteiger partial charge in [-0.2, -0.15) is 0 Å². The van der Waals surface area contributed by atoms with Gasteiger partial charge in [-0.3, -0.25) is 4.79 Å². The van der Waals surface area contributed by atoms with Gasteiger partial charge in [0.1, 0.15) is 12.1 Å². The topological polar surface area (TPSA) is 67.2 Å². The summed E-state index contributed by atoms with van der Waals surface area (Å²) in [5.41, 5.74) is 1.20. The monoisotopic (exact) mass is 338 g/mol. The van der Waals surface area contributed by atoms with Crippen LogP contribution in [0.5, 0.6) is 0 Å². The Bertz CT molecular complexity index is 847. The van der Waals surface area contributed by atoms with E-state index in [9.17, 15) is 4.79 Å². The first kappa shape index (κ1) is 14.9. The number of rotatable bonds is 3. The fourth-order valence-corrected chi connectivity index (χ4v) is 4.33. The molecule has 25 heavy (non-hydrogen) atoms. The second-order valence-electron chi connectivity index (χ2n) is 7.55. The molecule has 0 bridgehead atoms. The molecule has 1 aliphatic carbocycles. The van der Waals surface area contributed by atoms with Gasteiger partial charge in [-0.25, -0.2) is 15.0 Å². The number of hydrogen-bond acceptors (Lipinski definition) is 6.